The number of aromatic nitrogens is 1. The number of hydrogen-bond donors (Lipinski definition) is 2. The van der Waals surface area contributed by atoms with Crippen molar-refractivity contribution in [2.45, 2.75) is 43.6 Å². The first-order valence-electron chi connectivity index (χ1n) is 10.6. The number of carbonyl (C=O) groups excluding carboxylic acids is 1. The highest BCUT2D eigenvalue weighted by molar-refractivity contribution is 7.93. The largest absolute Gasteiger partial charge is 0.390 e. The number of anilines is 1. The Hall–Kier alpha value is -2.49. The minimum Gasteiger partial charge on any atom is -0.390 e. The molecule has 1 aliphatic heterocycles. The lowest BCUT2D eigenvalue weighted by molar-refractivity contribution is -0.0311. The van der Waals surface area contributed by atoms with Gasteiger partial charge in [0.15, 0.2) is 0 Å². The maximum absolute atomic E-state index is 12.9. The summed E-state index contributed by atoms with van der Waals surface area (Å²) in [6.45, 7) is 5.19. The Morgan fingerprint density at radius 3 is 2.53 bits per heavy atom. The SMILES string of the molecule is CC(C)CC1(O)CCN(C(=O)c2ccc(NS(=O)(=O)c3cccc4scnc34)cc2)CC1. The maximum Gasteiger partial charge on any atom is 0.264 e. The van der Waals surface area contributed by atoms with E-state index in [1.807, 2.05) is 6.07 Å². The van der Waals surface area contributed by atoms with Crippen molar-refractivity contribution in [1.82, 2.24) is 9.88 Å². The molecule has 3 aromatic rings. The van der Waals surface area contributed by atoms with Crippen molar-refractivity contribution in [3.63, 3.8) is 0 Å². The van der Waals surface area contributed by atoms with E-state index in [0.29, 0.717) is 48.6 Å². The van der Waals surface area contributed by atoms with E-state index in [4.69, 9.17) is 0 Å². The maximum atomic E-state index is 12.9. The number of nitrogens with one attached hydrogen (secondary N) is 1. The Morgan fingerprint density at radius 2 is 1.88 bits per heavy atom. The second-order valence-electron chi connectivity index (χ2n) is 8.75. The molecule has 4 rings (SSSR count). The van der Waals surface area contributed by atoms with E-state index in [1.165, 1.54) is 17.4 Å². The number of likely N-dealkylation sites (tertiary alicyclic amines) is 1. The molecule has 7 nitrogen and oxygen atoms in total. The van der Waals surface area contributed by atoms with Gasteiger partial charge in [-0.3, -0.25) is 9.52 Å². The van der Waals surface area contributed by atoms with Crippen molar-refractivity contribution in [2.75, 3.05) is 17.8 Å². The van der Waals surface area contributed by atoms with Crippen molar-refractivity contribution in [2.24, 2.45) is 5.92 Å². The van der Waals surface area contributed by atoms with Crippen molar-refractivity contribution in [3.05, 3.63) is 53.5 Å². The summed E-state index contributed by atoms with van der Waals surface area (Å²) in [6.07, 6.45) is 1.87. The second kappa shape index (κ2) is 8.80. The predicted molar refractivity (Wildman–Crippen MR) is 126 cm³/mol. The molecule has 0 radical (unpaired) electrons. The second-order valence-corrected chi connectivity index (χ2v) is 11.3. The first kappa shape index (κ1) is 22.7. The molecule has 0 spiro atoms. The summed E-state index contributed by atoms with van der Waals surface area (Å²) in [4.78, 5) is 18.9. The average molecular weight is 474 g/mol. The van der Waals surface area contributed by atoms with Gasteiger partial charge in [0.25, 0.3) is 15.9 Å². The summed E-state index contributed by atoms with van der Waals surface area (Å²) in [5.74, 6) is 0.291. The molecule has 2 heterocycles. The minimum absolute atomic E-state index is 0.113. The van der Waals surface area contributed by atoms with Gasteiger partial charge in [-0.15, -0.1) is 11.3 Å². The van der Waals surface area contributed by atoms with Gasteiger partial charge in [0.05, 0.1) is 15.8 Å². The van der Waals surface area contributed by atoms with Crippen LogP contribution in [0.4, 0.5) is 5.69 Å². The van der Waals surface area contributed by atoms with Crippen LogP contribution >= 0.6 is 11.3 Å². The van der Waals surface area contributed by atoms with Gasteiger partial charge in [0.1, 0.15) is 10.4 Å². The molecule has 170 valence electrons. The van der Waals surface area contributed by atoms with Crippen LogP contribution in [0.2, 0.25) is 0 Å². The van der Waals surface area contributed by atoms with Gasteiger partial charge < -0.3 is 10.0 Å². The molecule has 0 bridgehead atoms. The van der Waals surface area contributed by atoms with Gasteiger partial charge >= 0.3 is 0 Å². The van der Waals surface area contributed by atoms with Crippen molar-refractivity contribution in [3.8, 4) is 0 Å². The molecule has 1 fully saturated rings. The monoisotopic (exact) mass is 473 g/mol. The molecule has 1 amide bonds. The first-order valence-corrected chi connectivity index (χ1v) is 13.0. The van der Waals surface area contributed by atoms with Crippen LogP contribution in [0.1, 0.15) is 43.5 Å². The van der Waals surface area contributed by atoms with Crippen LogP contribution in [0.3, 0.4) is 0 Å². The van der Waals surface area contributed by atoms with Crippen LogP contribution in [-0.4, -0.2) is 48.0 Å². The zero-order valence-electron chi connectivity index (χ0n) is 18.1. The van der Waals surface area contributed by atoms with E-state index in [9.17, 15) is 18.3 Å². The number of amides is 1. The van der Waals surface area contributed by atoms with Crippen LogP contribution in [0.15, 0.2) is 52.9 Å². The number of fused-ring (bicyclic) bond motifs is 1. The van der Waals surface area contributed by atoms with E-state index >= 15 is 0 Å². The van der Waals surface area contributed by atoms with E-state index in [-0.39, 0.29) is 10.8 Å². The summed E-state index contributed by atoms with van der Waals surface area (Å²) in [5.41, 5.74) is 2.23. The van der Waals surface area contributed by atoms with E-state index in [0.717, 1.165) is 11.1 Å². The zero-order valence-corrected chi connectivity index (χ0v) is 19.7. The summed E-state index contributed by atoms with van der Waals surface area (Å²) in [5, 5.41) is 10.7. The van der Waals surface area contributed by atoms with Gasteiger partial charge in [-0.05, 0) is 61.6 Å². The lowest BCUT2D eigenvalue weighted by Gasteiger charge is -2.39. The van der Waals surface area contributed by atoms with Gasteiger partial charge in [0.2, 0.25) is 0 Å². The molecule has 1 aliphatic rings. The number of rotatable bonds is 6. The molecular weight excluding hydrogens is 446 g/mol. The zero-order chi connectivity index (χ0) is 22.9. The molecule has 0 unspecified atom stereocenters. The summed E-state index contributed by atoms with van der Waals surface area (Å²) in [6, 6.07) is 11.5. The van der Waals surface area contributed by atoms with E-state index in [1.54, 1.807) is 40.7 Å². The molecule has 0 aliphatic carbocycles. The van der Waals surface area contributed by atoms with Crippen LogP contribution in [0.25, 0.3) is 10.2 Å². The fourth-order valence-corrected chi connectivity index (χ4v) is 6.24. The highest BCUT2D eigenvalue weighted by Crippen LogP contribution is 2.30. The quantitative estimate of drug-likeness (QED) is 0.561. The number of carbonyl (C=O) groups is 1. The highest BCUT2D eigenvalue weighted by Gasteiger charge is 2.34. The van der Waals surface area contributed by atoms with Crippen molar-refractivity contribution >= 4 is 43.2 Å². The Morgan fingerprint density at radius 1 is 1.19 bits per heavy atom. The van der Waals surface area contributed by atoms with Crippen LogP contribution in [0.5, 0.6) is 0 Å². The third-order valence-corrected chi connectivity index (χ3v) is 7.97. The summed E-state index contributed by atoms with van der Waals surface area (Å²) in [7, 11) is -3.82. The molecular formula is C23H27N3O4S2. The smallest absolute Gasteiger partial charge is 0.264 e. The number of nitrogens with zero attached hydrogens (tertiary/aromatic N) is 2. The molecule has 2 aromatic carbocycles. The molecule has 2 N–H and O–H groups in total. The van der Waals surface area contributed by atoms with Gasteiger partial charge in [-0.2, -0.15) is 0 Å². The summed E-state index contributed by atoms with van der Waals surface area (Å²) < 4.78 is 29.1. The minimum atomic E-state index is -3.82. The number of piperidine rings is 1. The standard InChI is InChI=1S/C23H27N3O4S2/c1-16(2)14-23(28)10-12-26(13-11-23)22(27)17-6-8-18(9-7-17)25-32(29,30)20-5-3-4-19-21(20)24-15-31-19/h3-9,15-16,25,28H,10-14H2,1-2H3. The third kappa shape index (κ3) is 4.79. The first-order chi connectivity index (χ1) is 15.2. The number of para-hydroxylation sites is 1. The number of aliphatic hydroxyl groups is 1. The molecule has 32 heavy (non-hydrogen) atoms. The number of sulfonamides is 1. The Kier molecular flexibility index (Phi) is 6.24. The molecule has 9 heteroatoms. The highest BCUT2D eigenvalue weighted by atomic mass is 32.2. The summed E-state index contributed by atoms with van der Waals surface area (Å²) >= 11 is 1.38. The number of benzene rings is 2. The van der Waals surface area contributed by atoms with Crippen molar-refractivity contribution in [1.29, 1.82) is 0 Å². The van der Waals surface area contributed by atoms with E-state index in [2.05, 4.69) is 23.6 Å². The third-order valence-electron chi connectivity index (χ3n) is 5.77. The lowest BCUT2D eigenvalue weighted by atomic mass is 9.84. The topological polar surface area (TPSA) is 99.6 Å². The Labute approximate surface area is 192 Å². The van der Waals surface area contributed by atoms with Crippen LogP contribution in [0, 0.1) is 5.92 Å². The van der Waals surface area contributed by atoms with Gasteiger partial charge in [0, 0.05) is 24.3 Å². The fraction of sp³-hybridized carbons (Fsp3) is 0.391. The number of hydrogen-bond acceptors (Lipinski definition) is 6. The molecule has 1 aromatic heterocycles. The molecule has 1 saturated heterocycles. The average Bonchev–Trinajstić information content (AvgIpc) is 3.22. The van der Waals surface area contributed by atoms with Crippen LogP contribution < -0.4 is 4.72 Å². The molecule has 0 saturated carbocycles. The van der Waals surface area contributed by atoms with Crippen molar-refractivity contribution < 1.29 is 18.3 Å². The number of thiazole rings is 1. The van der Waals surface area contributed by atoms with Gasteiger partial charge in [-0.25, -0.2) is 13.4 Å². The normalized spacial score (nSPS) is 16.4. The lowest BCUT2D eigenvalue weighted by Crippen LogP contribution is -2.47. The Bertz CT molecular complexity index is 1210. The van der Waals surface area contributed by atoms with E-state index < -0.39 is 15.6 Å². The molecule has 0 atom stereocenters. The predicted octanol–water partition coefficient (Wildman–Crippen LogP) is 4.11. The fourth-order valence-electron chi connectivity index (χ4n) is 4.24. The van der Waals surface area contributed by atoms with Gasteiger partial charge in [-0.1, -0.05) is 19.9 Å². The Balaban J connectivity index is 1.43. The van der Waals surface area contributed by atoms with Crippen LogP contribution in [-0.2, 0) is 10.0 Å².